The standard InChI is InChI=1S/C13H17NO3S/c15-12(14-10-4-1-2-5-10)9-17-13(16)8-11-6-3-7-18-11/h3,6-7,10H,1-2,4-5,8-9H2,(H,14,15). The molecule has 0 spiro atoms. The Balaban J connectivity index is 1.64. The lowest BCUT2D eigenvalue weighted by Crippen LogP contribution is -2.36. The van der Waals surface area contributed by atoms with E-state index in [4.69, 9.17) is 4.74 Å². The Morgan fingerprint density at radius 3 is 2.83 bits per heavy atom. The lowest BCUT2D eigenvalue weighted by atomic mass is 10.2. The Hall–Kier alpha value is -1.36. The van der Waals surface area contributed by atoms with Crippen molar-refractivity contribution < 1.29 is 14.3 Å². The first kappa shape index (κ1) is 13.1. The number of thiophene rings is 1. The predicted molar refractivity (Wildman–Crippen MR) is 69.4 cm³/mol. The highest BCUT2D eigenvalue weighted by molar-refractivity contribution is 7.10. The SMILES string of the molecule is O=C(COC(=O)Cc1cccs1)NC1CCCC1. The zero-order valence-electron chi connectivity index (χ0n) is 10.2. The van der Waals surface area contributed by atoms with Gasteiger partial charge in [-0.2, -0.15) is 0 Å². The molecule has 0 bridgehead atoms. The summed E-state index contributed by atoms with van der Waals surface area (Å²) in [4.78, 5) is 23.9. The molecule has 4 nitrogen and oxygen atoms in total. The van der Waals surface area contributed by atoms with E-state index in [9.17, 15) is 9.59 Å². The monoisotopic (exact) mass is 267 g/mol. The predicted octanol–water partition coefficient (Wildman–Crippen LogP) is 1.89. The van der Waals surface area contributed by atoms with Crippen LogP contribution in [-0.4, -0.2) is 24.5 Å². The largest absolute Gasteiger partial charge is 0.455 e. The quantitative estimate of drug-likeness (QED) is 0.829. The number of carbonyl (C=O) groups excluding carboxylic acids is 2. The number of carbonyl (C=O) groups is 2. The third-order valence-electron chi connectivity index (χ3n) is 2.98. The van der Waals surface area contributed by atoms with Crippen LogP contribution in [0.5, 0.6) is 0 Å². The van der Waals surface area contributed by atoms with Crippen molar-refractivity contribution >= 4 is 23.2 Å². The molecule has 1 aromatic rings. The Kier molecular flexibility index (Phi) is 4.75. The first-order valence-electron chi connectivity index (χ1n) is 6.21. The summed E-state index contributed by atoms with van der Waals surface area (Å²) in [6.07, 6.45) is 4.66. The van der Waals surface area contributed by atoms with Crippen LogP contribution in [0.1, 0.15) is 30.6 Å². The molecule has 18 heavy (non-hydrogen) atoms. The van der Waals surface area contributed by atoms with Gasteiger partial charge in [-0.25, -0.2) is 0 Å². The van der Waals surface area contributed by atoms with E-state index >= 15 is 0 Å². The highest BCUT2D eigenvalue weighted by Gasteiger charge is 2.17. The third kappa shape index (κ3) is 4.14. The van der Waals surface area contributed by atoms with Gasteiger partial charge in [-0.1, -0.05) is 18.9 Å². The lowest BCUT2D eigenvalue weighted by Gasteiger charge is -2.11. The van der Waals surface area contributed by atoms with Gasteiger partial charge >= 0.3 is 5.97 Å². The molecule has 1 N–H and O–H groups in total. The smallest absolute Gasteiger partial charge is 0.311 e. The van der Waals surface area contributed by atoms with Gasteiger partial charge in [0, 0.05) is 10.9 Å². The summed E-state index contributed by atoms with van der Waals surface area (Å²) in [5.74, 6) is -0.541. The number of ether oxygens (including phenoxy) is 1. The van der Waals surface area contributed by atoms with Crippen LogP contribution in [0.2, 0.25) is 0 Å². The minimum atomic E-state index is -0.348. The summed E-state index contributed by atoms with van der Waals surface area (Å²) in [7, 11) is 0. The van der Waals surface area contributed by atoms with Crippen LogP contribution >= 0.6 is 11.3 Å². The van der Waals surface area contributed by atoms with Gasteiger partial charge in [-0.3, -0.25) is 9.59 Å². The minimum absolute atomic E-state index is 0.166. The Labute approximate surface area is 110 Å². The average Bonchev–Trinajstić information content (AvgIpc) is 2.99. The van der Waals surface area contributed by atoms with E-state index in [0.29, 0.717) is 0 Å². The fourth-order valence-corrected chi connectivity index (χ4v) is 2.78. The Bertz CT molecular complexity index is 396. The van der Waals surface area contributed by atoms with Crippen LogP contribution in [-0.2, 0) is 20.7 Å². The molecule has 0 saturated heterocycles. The highest BCUT2D eigenvalue weighted by atomic mass is 32.1. The molecule has 1 aliphatic rings. The number of amides is 1. The molecule has 0 aromatic carbocycles. The van der Waals surface area contributed by atoms with Crippen LogP contribution in [0.4, 0.5) is 0 Å². The summed E-state index contributed by atoms with van der Waals surface area (Å²) >= 11 is 1.51. The fraction of sp³-hybridized carbons (Fsp3) is 0.538. The summed E-state index contributed by atoms with van der Waals surface area (Å²) in [5, 5.41) is 4.79. The van der Waals surface area contributed by atoms with Crippen molar-refractivity contribution in [3.05, 3.63) is 22.4 Å². The van der Waals surface area contributed by atoms with Crippen molar-refractivity contribution in [1.29, 1.82) is 0 Å². The van der Waals surface area contributed by atoms with Crippen molar-refractivity contribution in [2.45, 2.75) is 38.1 Å². The second kappa shape index (κ2) is 6.54. The molecule has 1 aliphatic carbocycles. The lowest BCUT2D eigenvalue weighted by molar-refractivity contribution is -0.148. The van der Waals surface area contributed by atoms with E-state index < -0.39 is 0 Å². The number of nitrogens with one attached hydrogen (secondary N) is 1. The van der Waals surface area contributed by atoms with Crippen molar-refractivity contribution in [3.8, 4) is 0 Å². The van der Waals surface area contributed by atoms with Crippen LogP contribution in [0.25, 0.3) is 0 Å². The first-order valence-corrected chi connectivity index (χ1v) is 7.09. The van der Waals surface area contributed by atoms with Gasteiger partial charge in [0.1, 0.15) is 0 Å². The molecule has 0 atom stereocenters. The fourth-order valence-electron chi connectivity index (χ4n) is 2.09. The molecule has 0 unspecified atom stereocenters. The summed E-state index contributed by atoms with van der Waals surface area (Å²) in [6, 6.07) is 4.04. The molecule has 1 saturated carbocycles. The molecule has 1 fully saturated rings. The van der Waals surface area contributed by atoms with Crippen molar-refractivity contribution in [2.75, 3.05) is 6.61 Å². The Morgan fingerprint density at radius 2 is 2.17 bits per heavy atom. The van der Waals surface area contributed by atoms with Gasteiger partial charge in [-0.15, -0.1) is 11.3 Å². The van der Waals surface area contributed by atoms with Crippen molar-refractivity contribution in [1.82, 2.24) is 5.32 Å². The molecule has 2 rings (SSSR count). The molecule has 0 radical (unpaired) electrons. The zero-order valence-corrected chi connectivity index (χ0v) is 11.0. The summed E-state index contributed by atoms with van der Waals surface area (Å²) < 4.78 is 4.94. The topological polar surface area (TPSA) is 55.4 Å². The van der Waals surface area contributed by atoms with E-state index in [0.717, 1.165) is 17.7 Å². The Morgan fingerprint density at radius 1 is 1.39 bits per heavy atom. The van der Waals surface area contributed by atoms with E-state index in [1.807, 2.05) is 17.5 Å². The maximum atomic E-state index is 11.5. The van der Waals surface area contributed by atoms with Crippen LogP contribution in [0.3, 0.4) is 0 Å². The summed E-state index contributed by atoms with van der Waals surface area (Å²) in [6.45, 7) is -0.166. The molecule has 0 aliphatic heterocycles. The van der Waals surface area contributed by atoms with Gasteiger partial charge in [0.2, 0.25) is 0 Å². The van der Waals surface area contributed by atoms with Crippen LogP contribution in [0, 0.1) is 0 Å². The average molecular weight is 267 g/mol. The molecule has 1 amide bonds. The van der Waals surface area contributed by atoms with E-state index in [2.05, 4.69) is 5.32 Å². The van der Waals surface area contributed by atoms with Crippen molar-refractivity contribution in [3.63, 3.8) is 0 Å². The molecule has 5 heteroatoms. The van der Waals surface area contributed by atoms with Crippen LogP contribution < -0.4 is 5.32 Å². The number of hydrogen-bond acceptors (Lipinski definition) is 4. The minimum Gasteiger partial charge on any atom is -0.455 e. The number of esters is 1. The maximum Gasteiger partial charge on any atom is 0.311 e. The van der Waals surface area contributed by atoms with Gasteiger partial charge in [-0.05, 0) is 24.3 Å². The van der Waals surface area contributed by atoms with E-state index in [1.54, 1.807) is 0 Å². The molecule has 1 aromatic heterocycles. The first-order chi connectivity index (χ1) is 8.74. The zero-order chi connectivity index (χ0) is 12.8. The molecular weight excluding hydrogens is 250 g/mol. The van der Waals surface area contributed by atoms with Gasteiger partial charge in [0.05, 0.1) is 6.42 Å². The molecular formula is C13H17NO3S. The van der Waals surface area contributed by atoms with Gasteiger partial charge in [0.15, 0.2) is 6.61 Å². The summed E-state index contributed by atoms with van der Waals surface area (Å²) in [5.41, 5.74) is 0. The van der Waals surface area contributed by atoms with Crippen LogP contribution in [0.15, 0.2) is 17.5 Å². The van der Waals surface area contributed by atoms with Crippen molar-refractivity contribution in [2.24, 2.45) is 0 Å². The van der Waals surface area contributed by atoms with E-state index in [1.165, 1.54) is 24.2 Å². The maximum absolute atomic E-state index is 11.5. The number of rotatable bonds is 5. The second-order valence-corrected chi connectivity index (χ2v) is 5.50. The third-order valence-corrected chi connectivity index (χ3v) is 3.86. The second-order valence-electron chi connectivity index (χ2n) is 4.47. The highest BCUT2D eigenvalue weighted by Crippen LogP contribution is 2.17. The van der Waals surface area contributed by atoms with Gasteiger partial charge in [0.25, 0.3) is 5.91 Å². The van der Waals surface area contributed by atoms with E-state index in [-0.39, 0.29) is 30.9 Å². The van der Waals surface area contributed by atoms with Gasteiger partial charge < -0.3 is 10.1 Å². The molecule has 98 valence electrons. The number of hydrogen-bond donors (Lipinski definition) is 1. The molecule has 1 heterocycles. The normalized spacial score (nSPS) is 15.6.